The van der Waals surface area contributed by atoms with Gasteiger partial charge in [-0.05, 0) is 33.7 Å². The van der Waals surface area contributed by atoms with Gasteiger partial charge < -0.3 is 15.2 Å². The minimum atomic E-state index is -0.0120. The topological polar surface area (TPSA) is 47.7 Å². The average molecular weight is 242 g/mol. The van der Waals surface area contributed by atoms with E-state index in [-0.39, 0.29) is 11.1 Å². The molecule has 2 saturated heterocycles. The molecular weight excluding hydrogens is 216 g/mol. The van der Waals surface area contributed by atoms with Crippen LogP contribution >= 0.6 is 0 Å². The quantitative estimate of drug-likeness (QED) is 0.802. The van der Waals surface area contributed by atoms with Gasteiger partial charge in [-0.3, -0.25) is 4.90 Å². The van der Waals surface area contributed by atoms with Crippen molar-refractivity contribution >= 4 is 0 Å². The van der Waals surface area contributed by atoms with Gasteiger partial charge in [0.15, 0.2) is 0 Å². The van der Waals surface area contributed by atoms with Gasteiger partial charge in [-0.1, -0.05) is 0 Å². The molecule has 2 unspecified atom stereocenters. The molecular formula is C13H26N2O2. The van der Waals surface area contributed by atoms with Crippen molar-refractivity contribution < 1.29 is 9.47 Å². The normalized spacial score (nSPS) is 34.8. The second-order valence-electron chi connectivity index (χ2n) is 6.11. The molecule has 4 nitrogen and oxygen atoms in total. The lowest BCUT2D eigenvalue weighted by Crippen LogP contribution is -2.56. The maximum absolute atomic E-state index is 5.97. The monoisotopic (exact) mass is 242 g/mol. The van der Waals surface area contributed by atoms with Gasteiger partial charge in [0, 0.05) is 37.8 Å². The summed E-state index contributed by atoms with van der Waals surface area (Å²) in [5.41, 5.74) is 5.91. The molecule has 0 aromatic carbocycles. The minimum absolute atomic E-state index is 0.0120. The molecule has 0 aliphatic carbocycles. The van der Waals surface area contributed by atoms with Gasteiger partial charge >= 0.3 is 0 Å². The molecule has 0 bridgehead atoms. The number of hydrogen-bond donors (Lipinski definition) is 1. The third-order valence-electron chi connectivity index (χ3n) is 4.54. The van der Waals surface area contributed by atoms with E-state index in [1.807, 2.05) is 0 Å². The Morgan fingerprint density at radius 1 is 1.41 bits per heavy atom. The number of likely N-dealkylation sites (N-methyl/N-ethyl adjacent to an activating group) is 1. The Morgan fingerprint density at radius 3 is 2.76 bits per heavy atom. The van der Waals surface area contributed by atoms with Gasteiger partial charge in [-0.2, -0.15) is 0 Å². The maximum Gasteiger partial charge on any atom is 0.0951 e. The highest BCUT2D eigenvalue weighted by Crippen LogP contribution is 2.35. The summed E-state index contributed by atoms with van der Waals surface area (Å²) in [4.78, 5) is 2.43. The van der Waals surface area contributed by atoms with E-state index in [0.717, 1.165) is 39.1 Å². The Hall–Kier alpha value is -0.160. The molecule has 1 spiro atoms. The van der Waals surface area contributed by atoms with Crippen LogP contribution in [0.4, 0.5) is 0 Å². The Labute approximate surface area is 104 Å². The highest BCUT2D eigenvalue weighted by molar-refractivity contribution is 4.96. The Balaban J connectivity index is 2.02. The van der Waals surface area contributed by atoms with E-state index in [4.69, 9.17) is 15.2 Å². The first-order valence-electron chi connectivity index (χ1n) is 6.64. The van der Waals surface area contributed by atoms with Crippen LogP contribution in [0.1, 0.15) is 33.1 Å². The van der Waals surface area contributed by atoms with E-state index in [2.05, 4.69) is 25.8 Å². The summed E-state index contributed by atoms with van der Waals surface area (Å²) in [7, 11) is 2.19. The molecule has 2 fully saturated rings. The van der Waals surface area contributed by atoms with Crippen LogP contribution in [0.15, 0.2) is 0 Å². The van der Waals surface area contributed by atoms with Crippen LogP contribution in [0.5, 0.6) is 0 Å². The Kier molecular flexibility index (Phi) is 3.78. The number of hydrogen-bond acceptors (Lipinski definition) is 4. The molecule has 0 radical (unpaired) electrons. The van der Waals surface area contributed by atoms with Gasteiger partial charge in [0.1, 0.15) is 0 Å². The number of nitrogens with two attached hydrogens (primary N) is 1. The highest BCUT2D eigenvalue weighted by atomic mass is 16.6. The van der Waals surface area contributed by atoms with Gasteiger partial charge in [0.2, 0.25) is 0 Å². The van der Waals surface area contributed by atoms with Crippen LogP contribution in [-0.2, 0) is 9.47 Å². The first-order valence-corrected chi connectivity index (χ1v) is 6.64. The molecule has 0 saturated carbocycles. The molecule has 2 aliphatic rings. The van der Waals surface area contributed by atoms with Gasteiger partial charge in [0.25, 0.3) is 0 Å². The molecule has 2 aliphatic heterocycles. The smallest absolute Gasteiger partial charge is 0.0951 e. The summed E-state index contributed by atoms with van der Waals surface area (Å²) < 4.78 is 11.5. The first kappa shape index (κ1) is 13.3. The van der Waals surface area contributed by atoms with Gasteiger partial charge in [0.05, 0.1) is 12.2 Å². The van der Waals surface area contributed by atoms with Crippen LogP contribution in [0, 0.1) is 0 Å². The molecule has 0 amide bonds. The molecule has 2 heterocycles. The fourth-order valence-corrected chi connectivity index (χ4v) is 2.83. The summed E-state index contributed by atoms with van der Waals surface area (Å²) in [6.45, 7) is 7.56. The Morgan fingerprint density at radius 2 is 2.18 bits per heavy atom. The van der Waals surface area contributed by atoms with Crippen molar-refractivity contribution in [3.8, 4) is 0 Å². The van der Waals surface area contributed by atoms with Gasteiger partial charge in [-0.25, -0.2) is 0 Å². The standard InChI is InChI=1S/C13H26N2O2/c1-12(2,9-14)15(3)11-4-6-17-13(8-11)5-7-16-10-13/h11H,4-10,14H2,1-3H3. The van der Waals surface area contributed by atoms with Crippen LogP contribution in [0.2, 0.25) is 0 Å². The molecule has 0 aromatic rings. The summed E-state index contributed by atoms with van der Waals surface area (Å²) in [6, 6.07) is 0.559. The van der Waals surface area contributed by atoms with E-state index < -0.39 is 0 Å². The maximum atomic E-state index is 5.97. The van der Waals surface area contributed by atoms with Crippen LogP contribution in [0.25, 0.3) is 0 Å². The van der Waals surface area contributed by atoms with E-state index in [0.29, 0.717) is 12.6 Å². The summed E-state index contributed by atoms with van der Waals surface area (Å²) >= 11 is 0. The van der Waals surface area contributed by atoms with Gasteiger partial charge in [-0.15, -0.1) is 0 Å². The molecule has 2 N–H and O–H groups in total. The van der Waals surface area contributed by atoms with E-state index >= 15 is 0 Å². The third-order valence-corrected chi connectivity index (χ3v) is 4.54. The second kappa shape index (κ2) is 4.84. The van der Waals surface area contributed by atoms with Crippen molar-refractivity contribution in [2.24, 2.45) is 5.73 Å². The number of rotatable bonds is 3. The van der Waals surface area contributed by atoms with Crippen molar-refractivity contribution in [2.45, 2.75) is 50.3 Å². The zero-order chi connectivity index (χ0) is 12.5. The second-order valence-corrected chi connectivity index (χ2v) is 6.11. The highest BCUT2D eigenvalue weighted by Gasteiger charge is 2.43. The van der Waals surface area contributed by atoms with Crippen LogP contribution < -0.4 is 5.73 Å². The number of nitrogens with zero attached hydrogens (tertiary/aromatic N) is 1. The predicted octanol–water partition coefficient (Wildman–Crippen LogP) is 0.994. The molecule has 17 heavy (non-hydrogen) atoms. The summed E-state index contributed by atoms with van der Waals surface area (Å²) in [6.07, 6.45) is 3.22. The van der Waals surface area contributed by atoms with Crippen molar-refractivity contribution in [1.82, 2.24) is 4.90 Å². The van der Waals surface area contributed by atoms with Crippen LogP contribution in [-0.4, -0.2) is 55.5 Å². The third kappa shape index (κ3) is 2.65. The lowest BCUT2D eigenvalue weighted by Gasteiger charge is -2.46. The van der Waals surface area contributed by atoms with Crippen molar-refractivity contribution in [3.63, 3.8) is 0 Å². The van der Waals surface area contributed by atoms with E-state index in [1.165, 1.54) is 0 Å². The largest absolute Gasteiger partial charge is 0.378 e. The summed E-state index contributed by atoms with van der Waals surface area (Å²) in [5.74, 6) is 0. The molecule has 100 valence electrons. The van der Waals surface area contributed by atoms with Crippen molar-refractivity contribution in [2.75, 3.05) is 33.4 Å². The fraction of sp³-hybridized carbons (Fsp3) is 1.00. The predicted molar refractivity (Wildman–Crippen MR) is 68.0 cm³/mol. The molecule has 2 rings (SSSR count). The SMILES string of the molecule is CN(C1CCOC2(CCOC2)C1)C(C)(C)CN. The van der Waals surface area contributed by atoms with Crippen LogP contribution in [0.3, 0.4) is 0 Å². The zero-order valence-electron chi connectivity index (χ0n) is 11.4. The average Bonchev–Trinajstić information content (AvgIpc) is 2.76. The van der Waals surface area contributed by atoms with E-state index in [9.17, 15) is 0 Å². The van der Waals surface area contributed by atoms with Crippen molar-refractivity contribution in [3.05, 3.63) is 0 Å². The molecule has 0 aromatic heterocycles. The van der Waals surface area contributed by atoms with Crippen molar-refractivity contribution in [1.29, 1.82) is 0 Å². The lowest BCUT2D eigenvalue weighted by molar-refractivity contribution is -0.112. The Bertz CT molecular complexity index is 262. The summed E-state index contributed by atoms with van der Waals surface area (Å²) in [5, 5.41) is 0. The zero-order valence-corrected chi connectivity index (χ0v) is 11.4. The minimum Gasteiger partial charge on any atom is -0.378 e. The first-order chi connectivity index (χ1) is 7.99. The molecule has 2 atom stereocenters. The number of ether oxygens (including phenoxy) is 2. The van der Waals surface area contributed by atoms with E-state index in [1.54, 1.807) is 0 Å². The fourth-order valence-electron chi connectivity index (χ4n) is 2.83. The molecule has 4 heteroatoms. The lowest BCUT2D eigenvalue weighted by atomic mass is 9.87.